The van der Waals surface area contributed by atoms with E-state index in [1.165, 1.54) is 0 Å². The fourth-order valence-electron chi connectivity index (χ4n) is 4.03. The highest BCUT2D eigenvalue weighted by atomic mass is 16.5. The Labute approximate surface area is 165 Å². The van der Waals surface area contributed by atoms with Crippen molar-refractivity contribution in [2.24, 2.45) is 5.92 Å². The highest BCUT2D eigenvalue weighted by Gasteiger charge is 2.40. The predicted octanol–water partition coefficient (Wildman–Crippen LogP) is 2.26. The zero-order valence-corrected chi connectivity index (χ0v) is 16.5. The second-order valence-electron chi connectivity index (χ2n) is 7.63. The number of carboxylic acids is 1. The van der Waals surface area contributed by atoms with Gasteiger partial charge in [-0.25, -0.2) is 0 Å². The fraction of sp³-hybridized carbons (Fsp3) is 0.571. The lowest BCUT2D eigenvalue weighted by atomic mass is 9.96. The van der Waals surface area contributed by atoms with Crippen LogP contribution < -0.4 is 4.90 Å². The summed E-state index contributed by atoms with van der Waals surface area (Å²) in [6, 6.07) is 7.38. The molecule has 3 rings (SSSR count). The quantitative estimate of drug-likeness (QED) is 0.808. The number of nitrogens with zero attached hydrogens (tertiary/aromatic N) is 2. The summed E-state index contributed by atoms with van der Waals surface area (Å²) in [5.41, 5.74) is 1.99. The molecule has 7 heteroatoms. The third-order valence-corrected chi connectivity index (χ3v) is 5.77. The van der Waals surface area contributed by atoms with Gasteiger partial charge in [-0.05, 0) is 24.0 Å². The van der Waals surface area contributed by atoms with Crippen LogP contribution in [0.25, 0.3) is 0 Å². The fourth-order valence-corrected chi connectivity index (χ4v) is 4.03. The van der Waals surface area contributed by atoms with Crippen molar-refractivity contribution in [2.75, 3.05) is 31.2 Å². The van der Waals surface area contributed by atoms with Crippen molar-refractivity contribution in [3.8, 4) is 0 Å². The molecule has 2 fully saturated rings. The van der Waals surface area contributed by atoms with E-state index in [1.54, 1.807) is 9.80 Å². The van der Waals surface area contributed by atoms with Crippen molar-refractivity contribution in [3.63, 3.8) is 0 Å². The van der Waals surface area contributed by atoms with Crippen LogP contribution in [0.15, 0.2) is 24.3 Å². The first-order chi connectivity index (χ1) is 13.4. The summed E-state index contributed by atoms with van der Waals surface area (Å²) in [7, 11) is 0. The average molecular weight is 388 g/mol. The predicted molar refractivity (Wildman–Crippen MR) is 104 cm³/mol. The molecule has 152 valence electrons. The minimum atomic E-state index is -0.958. The summed E-state index contributed by atoms with van der Waals surface area (Å²) < 4.78 is 5.36. The molecule has 2 amide bonds. The van der Waals surface area contributed by atoms with Gasteiger partial charge in [0.25, 0.3) is 0 Å². The Bertz CT molecular complexity index is 750. The van der Waals surface area contributed by atoms with Gasteiger partial charge in [0.1, 0.15) is 0 Å². The van der Waals surface area contributed by atoms with Crippen molar-refractivity contribution >= 4 is 23.5 Å². The lowest BCUT2D eigenvalue weighted by Gasteiger charge is -2.36. The molecule has 3 unspecified atom stereocenters. The van der Waals surface area contributed by atoms with E-state index in [4.69, 9.17) is 9.84 Å². The first kappa shape index (κ1) is 20.3. The number of anilines is 1. The second-order valence-corrected chi connectivity index (χ2v) is 7.63. The number of aliphatic carboxylic acids is 1. The van der Waals surface area contributed by atoms with E-state index in [9.17, 15) is 14.4 Å². The minimum absolute atomic E-state index is 0.0582. The Morgan fingerprint density at radius 2 is 2.07 bits per heavy atom. The van der Waals surface area contributed by atoms with Gasteiger partial charge < -0.3 is 19.6 Å². The molecule has 1 aromatic carbocycles. The van der Waals surface area contributed by atoms with Gasteiger partial charge in [-0.1, -0.05) is 32.0 Å². The van der Waals surface area contributed by atoms with Crippen LogP contribution in [-0.4, -0.2) is 60.1 Å². The smallest absolute Gasteiger partial charge is 0.305 e. The van der Waals surface area contributed by atoms with Crippen LogP contribution in [0.1, 0.15) is 44.6 Å². The SMILES string of the molecule is CCC(C)c1ccccc1N1CC(C(=O)N2CCOCC2CC(=O)O)CC1=O. The Balaban J connectivity index is 1.77. The van der Waals surface area contributed by atoms with Crippen LogP contribution in [0.5, 0.6) is 0 Å². The lowest BCUT2D eigenvalue weighted by molar-refractivity contribution is -0.149. The number of hydrogen-bond acceptors (Lipinski definition) is 4. The second kappa shape index (κ2) is 8.73. The van der Waals surface area contributed by atoms with Gasteiger partial charge in [0.15, 0.2) is 0 Å². The average Bonchev–Trinajstić information content (AvgIpc) is 3.08. The van der Waals surface area contributed by atoms with Crippen LogP contribution in [-0.2, 0) is 19.1 Å². The van der Waals surface area contributed by atoms with Gasteiger partial charge in [-0.15, -0.1) is 0 Å². The van der Waals surface area contributed by atoms with Gasteiger partial charge in [-0.2, -0.15) is 0 Å². The van der Waals surface area contributed by atoms with Gasteiger partial charge in [0.2, 0.25) is 11.8 Å². The molecule has 0 aromatic heterocycles. The summed E-state index contributed by atoms with van der Waals surface area (Å²) >= 11 is 0. The first-order valence-electron chi connectivity index (χ1n) is 9.91. The van der Waals surface area contributed by atoms with Gasteiger partial charge in [0, 0.05) is 25.2 Å². The maximum Gasteiger partial charge on any atom is 0.305 e. The van der Waals surface area contributed by atoms with Crippen molar-refractivity contribution < 1.29 is 24.2 Å². The Hall–Kier alpha value is -2.41. The van der Waals surface area contributed by atoms with E-state index >= 15 is 0 Å². The molecule has 7 nitrogen and oxygen atoms in total. The molecule has 0 spiro atoms. The molecule has 0 aliphatic carbocycles. The number of carbonyl (C=O) groups excluding carboxylic acids is 2. The molecule has 2 aliphatic rings. The van der Waals surface area contributed by atoms with Crippen molar-refractivity contribution in [3.05, 3.63) is 29.8 Å². The third-order valence-electron chi connectivity index (χ3n) is 5.77. The highest BCUT2D eigenvalue weighted by Crippen LogP contribution is 2.34. The molecule has 2 heterocycles. The van der Waals surface area contributed by atoms with Crippen LogP contribution in [0.3, 0.4) is 0 Å². The lowest BCUT2D eigenvalue weighted by Crippen LogP contribution is -2.51. The number of amides is 2. The summed E-state index contributed by atoms with van der Waals surface area (Å²) in [4.78, 5) is 40.3. The molecule has 2 aliphatic heterocycles. The molecule has 0 bridgehead atoms. The summed E-state index contributed by atoms with van der Waals surface area (Å²) in [5.74, 6) is -1.30. The molecular formula is C21H28N2O5. The monoisotopic (exact) mass is 388 g/mol. The van der Waals surface area contributed by atoms with E-state index in [1.807, 2.05) is 24.3 Å². The maximum absolute atomic E-state index is 13.1. The number of benzene rings is 1. The number of para-hydroxylation sites is 1. The molecule has 3 atom stereocenters. The number of ether oxygens (including phenoxy) is 1. The standard InChI is InChI=1S/C21H28N2O5/c1-3-14(2)17-6-4-5-7-18(17)23-12-15(10-19(23)24)21(27)22-8-9-28-13-16(22)11-20(25)26/h4-7,14-16H,3,8-13H2,1-2H3,(H,25,26). The van der Waals surface area contributed by atoms with Crippen LogP contribution in [0.4, 0.5) is 5.69 Å². The van der Waals surface area contributed by atoms with E-state index in [-0.39, 0.29) is 31.3 Å². The topological polar surface area (TPSA) is 87.2 Å². The van der Waals surface area contributed by atoms with E-state index in [0.29, 0.717) is 25.6 Å². The molecular weight excluding hydrogens is 360 g/mol. The van der Waals surface area contributed by atoms with E-state index in [2.05, 4.69) is 13.8 Å². The summed E-state index contributed by atoms with van der Waals surface area (Å²) in [6.07, 6.45) is 0.976. The van der Waals surface area contributed by atoms with Gasteiger partial charge in [0.05, 0.1) is 31.6 Å². The van der Waals surface area contributed by atoms with E-state index in [0.717, 1.165) is 17.7 Å². The summed E-state index contributed by atoms with van der Waals surface area (Å²) in [5, 5.41) is 9.11. The molecule has 2 saturated heterocycles. The molecule has 0 radical (unpaired) electrons. The Morgan fingerprint density at radius 3 is 2.79 bits per heavy atom. The number of hydrogen-bond donors (Lipinski definition) is 1. The largest absolute Gasteiger partial charge is 0.481 e. The summed E-state index contributed by atoms with van der Waals surface area (Å²) in [6.45, 7) is 5.56. The maximum atomic E-state index is 13.1. The van der Waals surface area contributed by atoms with Gasteiger partial charge >= 0.3 is 5.97 Å². The molecule has 28 heavy (non-hydrogen) atoms. The zero-order chi connectivity index (χ0) is 20.3. The molecule has 1 aromatic rings. The van der Waals surface area contributed by atoms with Crippen molar-refractivity contribution in [1.82, 2.24) is 4.90 Å². The molecule has 1 N–H and O–H groups in total. The Kier molecular flexibility index (Phi) is 6.34. The van der Waals surface area contributed by atoms with Crippen molar-refractivity contribution in [1.29, 1.82) is 0 Å². The van der Waals surface area contributed by atoms with Crippen molar-refractivity contribution in [2.45, 2.75) is 45.1 Å². The molecule has 0 saturated carbocycles. The zero-order valence-electron chi connectivity index (χ0n) is 16.5. The highest BCUT2D eigenvalue weighted by molar-refractivity contribution is 6.01. The number of rotatable bonds is 6. The Morgan fingerprint density at radius 1 is 1.32 bits per heavy atom. The van der Waals surface area contributed by atoms with Crippen LogP contribution in [0.2, 0.25) is 0 Å². The van der Waals surface area contributed by atoms with E-state index < -0.39 is 17.9 Å². The van der Waals surface area contributed by atoms with Gasteiger partial charge in [-0.3, -0.25) is 14.4 Å². The third kappa shape index (κ3) is 4.19. The number of morpholine rings is 1. The number of carboxylic acid groups (broad SMARTS) is 1. The van der Waals surface area contributed by atoms with Crippen LogP contribution in [0, 0.1) is 5.92 Å². The normalized spacial score (nSPS) is 23.7. The van der Waals surface area contributed by atoms with Crippen LogP contribution >= 0.6 is 0 Å². The minimum Gasteiger partial charge on any atom is -0.481 e. The number of carbonyl (C=O) groups is 3. The first-order valence-corrected chi connectivity index (χ1v) is 9.91.